The maximum atomic E-state index is 12.7. The third-order valence-corrected chi connectivity index (χ3v) is 9.21. The molecular formula is C21H24N6O3S3. The molecule has 12 heteroatoms. The summed E-state index contributed by atoms with van der Waals surface area (Å²) in [4.78, 5) is 27.2. The molecule has 5 heterocycles. The molecule has 0 spiro atoms. The molecule has 1 amide bonds. The van der Waals surface area contributed by atoms with E-state index >= 15 is 0 Å². The summed E-state index contributed by atoms with van der Waals surface area (Å²) in [6.07, 6.45) is 4.96. The molecule has 2 saturated heterocycles. The Labute approximate surface area is 200 Å². The highest BCUT2D eigenvalue weighted by molar-refractivity contribution is 7.88. The monoisotopic (exact) mass is 504 g/mol. The van der Waals surface area contributed by atoms with Gasteiger partial charge in [-0.2, -0.15) is 4.31 Å². The van der Waals surface area contributed by atoms with Gasteiger partial charge in [0.15, 0.2) is 5.13 Å². The minimum atomic E-state index is -3.18. The van der Waals surface area contributed by atoms with E-state index < -0.39 is 10.0 Å². The molecule has 2 bridgehead atoms. The van der Waals surface area contributed by atoms with E-state index in [0.717, 1.165) is 32.8 Å². The van der Waals surface area contributed by atoms with Crippen LogP contribution in [0.2, 0.25) is 0 Å². The standard InChI is InChI=1S/C21H24N6O3S3/c1-11-19(32-12(2)23-11)17-10-31-21(25-17)26-18-5-4-13(9-22-18)20(28)24-14-6-15-8-16(7-14)27(15)33(3,29)30/h4-5,9-10,14-16H,6-8H2,1-3H3,(H,24,28)(H,22,25,26). The number of nitrogens with zero attached hydrogens (tertiary/aromatic N) is 4. The van der Waals surface area contributed by atoms with Crippen LogP contribution in [0.25, 0.3) is 10.6 Å². The molecule has 9 nitrogen and oxygen atoms in total. The third-order valence-electron chi connectivity index (χ3n) is 6.00. The molecule has 1 saturated carbocycles. The molecule has 1 aliphatic carbocycles. The van der Waals surface area contributed by atoms with Gasteiger partial charge in [0.1, 0.15) is 5.82 Å². The van der Waals surface area contributed by atoms with Crippen LogP contribution in [0.5, 0.6) is 0 Å². The molecule has 3 aliphatic rings. The summed E-state index contributed by atoms with van der Waals surface area (Å²) in [5.41, 5.74) is 2.33. The average molecular weight is 505 g/mol. The highest BCUT2D eigenvalue weighted by Gasteiger charge is 2.49. The molecule has 33 heavy (non-hydrogen) atoms. The SMILES string of the molecule is Cc1nc(C)c(-c2csc(Nc3ccc(C(=O)NC4CC5CC(C4)N5S(C)(=O)=O)cn3)n2)s1. The Morgan fingerprint density at radius 3 is 2.52 bits per heavy atom. The first-order chi connectivity index (χ1) is 15.7. The predicted octanol–water partition coefficient (Wildman–Crippen LogP) is 3.32. The first kappa shape index (κ1) is 22.4. The summed E-state index contributed by atoms with van der Waals surface area (Å²) < 4.78 is 25.3. The van der Waals surface area contributed by atoms with Crippen LogP contribution in [0.15, 0.2) is 23.7 Å². The second-order valence-corrected chi connectivity index (χ2v) is 12.5. The van der Waals surface area contributed by atoms with Gasteiger partial charge < -0.3 is 10.6 Å². The van der Waals surface area contributed by atoms with Crippen molar-refractivity contribution >= 4 is 49.6 Å². The molecule has 174 valence electrons. The van der Waals surface area contributed by atoms with Crippen molar-refractivity contribution in [1.82, 2.24) is 24.6 Å². The largest absolute Gasteiger partial charge is 0.349 e. The van der Waals surface area contributed by atoms with E-state index in [-0.39, 0.29) is 24.0 Å². The lowest BCUT2D eigenvalue weighted by molar-refractivity contribution is 0.0344. The van der Waals surface area contributed by atoms with Crippen LogP contribution < -0.4 is 10.6 Å². The number of amides is 1. The highest BCUT2D eigenvalue weighted by atomic mass is 32.2. The molecule has 3 aromatic rings. The number of fused-ring (bicyclic) bond motifs is 2. The molecule has 3 fully saturated rings. The van der Waals surface area contributed by atoms with Crippen LogP contribution >= 0.6 is 22.7 Å². The van der Waals surface area contributed by atoms with Crippen molar-refractivity contribution in [3.63, 3.8) is 0 Å². The first-order valence-electron chi connectivity index (χ1n) is 10.6. The number of anilines is 2. The zero-order chi connectivity index (χ0) is 23.3. The van der Waals surface area contributed by atoms with Crippen molar-refractivity contribution in [1.29, 1.82) is 0 Å². The summed E-state index contributed by atoms with van der Waals surface area (Å²) in [7, 11) is -3.18. The summed E-state index contributed by atoms with van der Waals surface area (Å²) in [6.45, 7) is 3.96. The Balaban J connectivity index is 1.18. The van der Waals surface area contributed by atoms with Gasteiger partial charge in [-0.1, -0.05) is 0 Å². The average Bonchev–Trinajstić information content (AvgIpc) is 3.32. The number of pyridine rings is 1. The van der Waals surface area contributed by atoms with Gasteiger partial charge in [0.05, 0.1) is 33.1 Å². The quantitative estimate of drug-likeness (QED) is 0.529. The minimum Gasteiger partial charge on any atom is -0.349 e. The van der Waals surface area contributed by atoms with Crippen molar-refractivity contribution in [3.8, 4) is 10.6 Å². The lowest BCUT2D eigenvalue weighted by atomic mass is 9.79. The lowest BCUT2D eigenvalue weighted by Gasteiger charge is -2.53. The Kier molecular flexibility index (Phi) is 5.71. The fourth-order valence-electron chi connectivity index (χ4n) is 4.68. The van der Waals surface area contributed by atoms with Gasteiger partial charge >= 0.3 is 0 Å². The second-order valence-electron chi connectivity index (χ2n) is 8.52. The van der Waals surface area contributed by atoms with Crippen LogP contribution in [0.4, 0.5) is 10.9 Å². The maximum absolute atomic E-state index is 12.7. The lowest BCUT2D eigenvalue weighted by Crippen LogP contribution is -2.65. The zero-order valence-corrected chi connectivity index (χ0v) is 20.9. The number of aromatic nitrogens is 3. The predicted molar refractivity (Wildman–Crippen MR) is 130 cm³/mol. The van der Waals surface area contributed by atoms with E-state index in [2.05, 4.69) is 25.6 Å². The van der Waals surface area contributed by atoms with E-state index in [1.165, 1.54) is 23.8 Å². The molecule has 2 unspecified atom stereocenters. The van der Waals surface area contributed by atoms with E-state index in [0.29, 0.717) is 24.2 Å². The van der Waals surface area contributed by atoms with Gasteiger partial charge in [-0.05, 0) is 45.2 Å². The maximum Gasteiger partial charge on any atom is 0.253 e. The van der Waals surface area contributed by atoms with E-state index in [1.54, 1.807) is 27.8 Å². The van der Waals surface area contributed by atoms with Crippen molar-refractivity contribution in [2.24, 2.45) is 0 Å². The van der Waals surface area contributed by atoms with E-state index in [1.807, 2.05) is 19.2 Å². The number of sulfonamides is 1. The van der Waals surface area contributed by atoms with Gasteiger partial charge in [0, 0.05) is 29.7 Å². The van der Waals surface area contributed by atoms with Crippen LogP contribution in [-0.4, -0.2) is 58.0 Å². The molecule has 0 radical (unpaired) electrons. The number of carbonyl (C=O) groups excluding carboxylic acids is 1. The normalized spacial score (nSPS) is 22.6. The number of thiazole rings is 2. The summed E-state index contributed by atoms with van der Waals surface area (Å²) in [6, 6.07) is 3.44. The van der Waals surface area contributed by atoms with Crippen molar-refractivity contribution in [2.45, 2.75) is 51.2 Å². The summed E-state index contributed by atoms with van der Waals surface area (Å²) >= 11 is 3.11. The van der Waals surface area contributed by atoms with Crippen molar-refractivity contribution in [2.75, 3.05) is 11.6 Å². The number of nitrogens with one attached hydrogen (secondary N) is 2. The molecule has 2 N–H and O–H groups in total. The Morgan fingerprint density at radius 1 is 1.15 bits per heavy atom. The molecular weight excluding hydrogens is 480 g/mol. The number of aryl methyl sites for hydroxylation is 2. The molecule has 3 aromatic heterocycles. The first-order valence-corrected chi connectivity index (χ1v) is 14.1. The third kappa shape index (κ3) is 4.52. The van der Waals surface area contributed by atoms with Crippen LogP contribution in [0.3, 0.4) is 0 Å². The molecule has 2 aliphatic heterocycles. The summed E-state index contributed by atoms with van der Waals surface area (Å²) in [5, 5.41) is 9.94. The fourth-order valence-corrected chi connectivity index (χ4v) is 7.77. The Hall–Kier alpha value is -2.41. The topological polar surface area (TPSA) is 117 Å². The second kappa shape index (κ2) is 8.42. The Bertz CT molecular complexity index is 1290. The van der Waals surface area contributed by atoms with E-state index in [4.69, 9.17) is 0 Å². The number of piperidine rings is 1. The van der Waals surface area contributed by atoms with Crippen LogP contribution in [0.1, 0.15) is 40.3 Å². The van der Waals surface area contributed by atoms with Crippen molar-refractivity contribution < 1.29 is 13.2 Å². The van der Waals surface area contributed by atoms with E-state index in [9.17, 15) is 13.2 Å². The summed E-state index contributed by atoms with van der Waals surface area (Å²) in [5.74, 6) is 0.409. The molecule has 2 atom stereocenters. The van der Waals surface area contributed by atoms with Crippen molar-refractivity contribution in [3.05, 3.63) is 40.0 Å². The number of rotatable bonds is 6. The van der Waals surface area contributed by atoms with Gasteiger partial charge in [0.25, 0.3) is 5.91 Å². The van der Waals surface area contributed by atoms with Gasteiger partial charge in [-0.15, -0.1) is 22.7 Å². The van der Waals surface area contributed by atoms with Crippen LogP contribution in [-0.2, 0) is 10.0 Å². The van der Waals surface area contributed by atoms with Gasteiger partial charge in [-0.25, -0.2) is 23.4 Å². The number of hydrogen-bond acceptors (Lipinski definition) is 9. The molecule has 6 rings (SSSR count). The fraction of sp³-hybridized carbons (Fsp3) is 0.429. The zero-order valence-electron chi connectivity index (χ0n) is 18.4. The minimum absolute atomic E-state index is 0.00500. The number of hydrogen-bond donors (Lipinski definition) is 2. The number of carbonyl (C=O) groups is 1. The van der Waals surface area contributed by atoms with Gasteiger partial charge in [0.2, 0.25) is 10.0 Å². The van der Waals surface area contributed by atoms with Crippen LogP contribution in [0, 0.1) is 13.8 Å². The molecule has 0 aromatic carbocycles. The van der Waals surface area contributed by atoms with Gasteiger partial charge in [-0.3, -0.25) is 4.79 Å². The highest BCUT2D eigenvalue weighted by Crippen LogP contribution is 2.40. The Morgan fingerprint density at radius 2 is 1.91 bits per heavy atom. The smallest absolute Gasteiger partial charge is 0.253 e.